The third kappa shape index (κ3) is 6.30. The SMILES string of the molecule is CNC(=O)c1nnc(CNC(=O)NC[C@H]2CN(Cc3ccc(Cl)c(Cl)c3)CCO2)o1. The summed E-state index contributed by atoms with van der Waals surface area (Å²) in [6.07, 6.45) is -0.143. The minimum Gasteiger partial charge on any atom is -0.415 e. The van der Waals surface area contributed by atoms with E-state index in [0.717, 1.165) is 12.1 Å². The van der Waals surface area contributed by atoms with Gasteiger partial charge in [-0.1, -0.05) is 29.3 Å². The van der Waals surface area contributed by atoms with Gasteiger partial charge in [0.15, 0.2) is 0 Å². The summed E-state index contributed by atoms with van der Waals surface area (Å²) in [5, 5.41) is 16.1. The number of nitrogens with one attached hydrogen (secondary N) is 3. The Morgan fingerprint density at radius 3 is 2.83 bits per heavy atom. The first-order valence-corrected chi connectivity index (χ1v) is 10.0. The number of carbonyl (C=O) groups excluding carboxylic acids is 2. The number of halogens is 2. The standard InChI is InChI=1S/C18H22Cl2N6O4/c1-21-16(27)17-25-24-15(30-17)8-23-18(28)22-7-12-10-26(4-5-29-12)9-11-2-3-13(19)14(20)6-11/h2-3,6,12H,4-5,7-10H2,1H3,(H,21,27)(H2,22,23,28)/t12-/m0/s1. The number of benzene rings is 1. The molecule has 3 amide bonds. The van der Waals surface area contributed by atoms with Gasteiger partial charge in [0.1, 0.15) is 0 Å². The van der Waals surface area contributed by atoms with Crippen molar-refractivity contribution in [3.05, 3.63) is 45.6 Å². The Hall–Kier alpha value is -2.40. The molecule has 1 atom stereocenters. The number of carbonyl (C=O) groups is 2. The summed E-state index contributed by atoms with van der Waals surface area (Å²) in [6.45, 7) is 3.09. The van der Waals surface area contributed by atoms with Crippen molar-refractivity contribution in [2.75, 3.05) is 33.3 Å². The Bertz CT molecular complexity index is 893. The number of hydrogen-bond acceptors (Lipinski definition) is 7. The molecule has 0 radical (unpaired) electrons. The fourth-order valence-electron chi connectivity index (χ4n) is 2.89. The number of rotatable bonds is 7. The number of urea groups is 1. The molecule has 2 heterocycles. The van der Waals surface area contributed by atoms with Gasteiger partial charge < -0.3 is 25.1 Å². The Balaban J connectivity index is 1.40. The van der Waals surface area contributed by atoms with Crippen molar-refractivity contribution in [1.29, 1.82) is 0 Å². The Kier molecular flexibility index (Phi) is 7.86. The number of amides is 3. The van der Waals surface area contributed by atoms with Crippen LogP contribution in [0.5, 0.6) is 0 Å². The molecule has 12 heteroatoms. The Morgan fingerprint density at radius 2 is 2.07 bits per heavy atom. The van der Waals surface area contributed by atoms with Crippen molar-refractivity contribution >= 4 is 35.1 Å². The van der Waals surface area contributed by atoms with E-state index < -0.39 is 11.9 Å². The molecule has 0 saturated carbocycles. The highest BCUT2D eigenvalue weighted by Gasteiger charge is 2.21. The van der Waals surface area contributed by atoms with E-state index in [2.05, 4.69) is 31.0 Å². The molecule has 0 unspecified atom stereocenters. The first kappa shape index (κ1) is 22.3. The Morgan fingerprint density at radius 1 is 1.23 bits per heavy atom. The lowest BCUT2D eigenvalue weighted by Crippen LogP contribution is -2.48. The molecular weight excluding hydrogens is 435 g/mol. The second-order valence-electron chi connectivity index (χ2n) is 6.62. The van der Waals surface area contributed by atoms with Crippen LogP contribution in [0.15, 0.2) is 22.6 Å². The molecule has 3 rings (SSSR count). The molecule has 3 N–H and O–H groups in total. The first-order chi connectivity index (χ1) is 14.4. The summed E-state index contributed by atoms with van der Waals surface area (Å²) in [5.41, 5.74) is 1.06. The smallest absolute Gasteiger partial charge is 0.315 e. The van der Waals surface area contributed by atoms with Gasteiger partial charge in [-0.15, -0.1) is 10.2 Å². The summed E-state index contributed by atoms with van der Waals surface area (Å²) in [5.74, 6) is -0.518. The maximum atomic E-state index is 12.0. The van der Waals surface area contributed by atoms with Crippen molar-refractivity contribution in [2.45, 2.75) is 19.2 Å². The molecular formula is C18H22Cl2N6O4. The van der Waals surface area contributed by atoms with Crippen molar-refractivity contribution in [2.24, 2.45) is 0 Å². The summed E-state index contributed by atoms with van der Waals surface area (Å²) < 4.78 is 10.9. The van der Waals surface area contributed by atoms with Gasteiger partial charge in [0.25, 0.3) is 0 Å². The van der Waals surface area contributed by atoms with E-state index in [9.17, 15) is 9.59 Å². The number of nitrogens with zero attached hydrogens (tertiary/aromatic N) is 3. The van der Waals surface area contributed by atoms with Gasteiger partial charge in [-0.2, -0.15) is 0 Å². The van der Waals surface area contributed by atoms with E-state index >= 15 is 0 Å². The van der Waals surface area contributed by atoms with Crippen LogP contribution >= 0.6 is 23.2 Å². The van der Waals surface area contributed by atoms with Gasteiger partial charge in [-0.05, 0) is 17.7 Å². The second-order valence-corrected chi connectivity index (χ2v) is 7.43. The van der Waals surface area contributed by atoms with E-state index in [4.69, 9.17) is 32.4 Å². The van der Waals surface area contributed by atoms with Gasteiger partial charge in [0.2, 0.25) is 5.89 Å². The van der Waals surface area contributed by atoms with Crippen LogP contribution in [0.25, 0.3) is 0 Å². The van der Waals surface area contributed by atoms with Crippen LogP contribution in [0.3, 0.4) is 0 Å². The molecule has 1 fully saturated rings. The second kappa shape index (κ2) is 10.6. The third-order valence-corrected chi connectivity index (χ3v) is 5.13. The van der Waals surface area contributed by atoms with E-state index in [0.29, 0.717) is 36.3 Å². The van der Waals surface area contributed by atoms with Crippen molar-refractivity contribution in [1.82, 2.24) is 31.0 Å². The van der Waals surface area contributed by atoms with Crippen LogP contribution in [-0.4, -0.2) is 66.4 Å². The fraction of sp³-hybridized carbons (Fsp3) is 0.444. The van der Waals surface area contributed by atoms with Gasteiger partial charge in [0, 0.05) is 33.2 Å². The van der Waals surface area contributed by atoms with Crippen LogP contribution in [0.4, 0.5) is 4.79 Å². The predicted octanol–water partition coefficient (Wildman–Crippen LogP) is 1.44. The average Bonchev–Trinajstić information content (AvgIpc) is 3.22. The minimum absolute atomic E-state index is 0.00476. The highest BCUT2D eigenvalue weighted by Crippen LogP contribution is 2.23. The lowest BCUT2D eigenvalue weighted by atomic mass is 10.2. The quantitative estimate of drug-likeness (QED) is 0.575. The first-order valence-electron chi connectivity index (χ1n) is 9.28. The number of ether oxygens (including phenoxy) is 1. The van der Waals surface area contributed by atoms with E-state index in [1.165, 1.54) is 7.05 Å². The molecule has 0 aliphatic carbocycles. The molecule has 1 aliphatic heterocycles. The maximum Gasteiger partial charge on any atom is 0.315 e. The highest BCUT2D eigenvalue weighted by molar-refractivity contribution is 6.42. The van der Waals surface area contributed by atoms with Crippen molar-refractivity contribution in [3.8, 4) is 0 Å². The van der Waals surface area contributed by atoms with E-state index in [-0.39, 0.29) is 24.4 Å². The summed E-state index contributed by atoms with van der Waals surface area (Å²) in [4.78, 5) is 25.6. The normalized spacial score (nSPS) is 16.8. The summed E-state index contributed by atoms with van der Waals surface area (Å²) in [6, 6.07) is 5.18. The molecule has 10 nitrogen and oxygen atoms in total. The molecule has 1 saturated heterocycles. The predicted molar refractivity (Wildman–Crippen MR) is 109 cm³/mol. The average molecular weight is 457 g/mol. The molecule has 2 aromatic rings. The van der Waals surface area contributed by atoms with Gasteiger partial charge >= 0.3 is 17.8 Å². The number of aromatic nitrogens is 2. The number of morpholine rings is 1. The van der Waals surface area contributed by atoms with Crippen LogP contribution < -0.4 is 16.0 Å². The molecule has 30 heavy (non-hydrogen) atoms. The van der Waals surface area contributed by atoms with Gasteiger partial charge in [0.05, 0.1) is 29.3 Å². The highest BCUT2D eigenvalue weighted by atomic mass is 35.5. The molecule has 1 aromatic carbocycles. The van der Waals surface area contributed by atoms with E-state index in [1.807, 2.05) is 12.1 Å². The van der Waals surface area contributed by atoms with E-state index in [1.54, 1.807) is 6.07 Å². The molecule has 0 bridgehead atoms. The lowest BCUT2D eigenvalue weighted by Gasteiger charge is -2.33. The topological polar surface area (TPSA) is 122 Å². The lowest BCUT2D eigenvalue weighted by molar-refractivity contribution is -0.0287. The largest absolute Gasteiger partial charge is 0.415 e. The van der Waals surface area contributed by atoms with Crippen LogP contribution in [0.2, 0.25) is 10.0 Å². The number of hydrogen-bond donors (Lipinski definition) is 3. The molecule has 0 spiro atoms. The van der Waals surface area contributed by atoms with Crippen molar-refractivity contribution in [3.63, 3.8) is 0 Å². The molecule has 1 aromatic heterocycles. The van der Waals surface area contributed by atoms with Crippen LogP contribution in [0.1, 0.15) is 22.1 Å². The zero-order valence-corrected chi connectivity index (χ0v) is 17.8. The zero-order chi connectivity index (χ0) is 21.5. The molecule has 162 valence electrons. The van der Waals surface area contributed by atoms with Crippen LogP contribution in [0, 0.1) is 0 Å². The fourth-order valence-corrected chi connectivity index (χ4v) is 3.21. The summed E-state index contributed by atoms with van der Waals surface area (Å²) >= 11 is 12.0. The Labute approximate surface area is 183 Å². The third-order valence-electron chi connectivity index (χ3n) is 4.39. The maximum absolute atomic E-state index is 12.0. The zero-order valence-electron chi connectivity index (χ0n) is 16.3. The monoisotopic (exact) mass is 456 g/mol. The minimum atomic E-state index is -0.488. The van der Waals surface area contributed by atoms with Gasteiger partial charge in [-0.25, -0.2) is 4.79 Å². The van der Waals surface area contributed by atoms with Gasteiger partial charge in [-0.3, -0.25) is 9.69 Å². The van der Waals surface area contributed by atoms with Crippen molar-refractivity contribution < 1.29 is 18.7 Å². The molecule has 1 aliphatic rings. The van der Waals surface area contributed by atoms with Crippen LogP contribution in [-0.2, 0) is 17.8 Å². The summed E-state index contributed by atoms with van der Waals surface area (Å²) in [7, 11) is 1.46.